The minimum Gasteiger partial charge on any atom is -0.383 e. The van der Waals surface area contributed by atoms with Gasteiger partial charge in [0.05, 0.1) is 30.0 Å². The second-order valence-electron chi connectivity index (χ2n) is 5.93. The van der Waals surface area contributed by atoms with Crippen LogP contribution in [0, 0.1) is 6.92 Å². The van der Waals surface area contributed by atoms with Gasteiger partial charge in [0.25, 0.3) is 5.56 Å². The standard InChI is InChI=1S/C15H19FN2O4S/c1-9-10(7-19)23-13-11(9)12(20)18(8-15(2,3)16)14(21)17(13)5-6-22-4/h7H,5-6,8H2,1-4H3. The summed E-state index contributed by atoms with van der Waals surface area (Å²) < 4.78 is 21.3. The van der Waals surface area contributed by atoms with Crippen LogP contribution in [0.1, 0.15) is 29.1 Å². The van der Waals surface area contributed by atoms with Gasteiger partial charge in [0.1, 0.15) is 10.5 Å². The smallest absolute Gasteiger partial charge is 0.332 e. The Hall–Kier alpha value is -1.80. The van der Waals surface area contributed by atoms with Crippen LogP contribution < -0.4 is 11.2 Å². The molecule has 2 aromatic heterocycles. The van der Waals surface area contributed by atoms with Crippen molar-refractivity contribution in [1.82, 2.24) is 9.13 Å². The normalized spacial score (nSPS) is 12.0. The molecule has 0 saturated carbocycles. The summed E-state index contributed by atoms with van der Waals surface area (Å²) in [4.78, 5) is 37.2. The van der Waals surface area contributed by atoms with E-state index < -0.39 is 16.9 Å². The molecule has 126 valence electrons. The third kappa shape index (κ3) is 3.28. The predicted molar refractivity (Wildman–Crippen MR) is 87.5 cm³/mol. The first-order valence-electron chi connectivity index (χ1n) is 7.11. The predicted octanol–water partition coefficient (Wildman–Crippen LogP) is 1.74. The first-order valence-corrected chi connectivity index (χ1v) is 7.92. The van der Waals surface area contributed by atoms with E-state index in [1.165, 1.54) is 25.5 Å². The number of thiophene rings is 1. The van der Waals surface area contributed by atoms with Crippen molar-refractivity contribution in [2.45, 2.75) is 39.5 Å². The van der Waals surface area contributed by atoms with E-state index in [0.29, 0.717) is 21.6 Å². The lowest BCUT2D eigenvalue weighted by Crippen LogP contribution is -2.44. The molecule has 23 heavy (non-hydrogen) atoms. The molecule has 2 rings (SSSR count). The van der Waals surface area contributed by atoms with Crippen molar-refractivity contribution >= 4 is 27.8 Å². The van der Waals surface area contributed by atoms with E-state index in [0.717, 1.165) is 15.9 Å². The van der Waals surface area contributed by atoms with E-state index in [9.17, 15) is 18.8 Å². The van der Waals surface area contributed by atoms with Gasteiger partial charge in [-0.05, 0) is 26.3 Å². The molecule has 0 radical (unpaired) electrons. The maximum atomic E-state index is 14.0. The molecular weight excluding hydrogens is 323 g/mol. The molecule has 0 aliphatic rings. The molecule has 0 atom stereocenters. The van der Waals surface area contributed by atoms with Crippen molar-refractivity contribution in [3.05, 3.63) is 31.3 Å². The van der Waals surface area contributed by atoms with E-state index >= 15 is 0 Å². The third-order valence-corrected chi connectivity index (χ3v) is 4.73. The van der Waals surface area contributed by atoms with E-state index in [1.807, 2.05) is 0 Å². The number of halogens is 1. The highest BCUT2D eigenvalue weighted by molar-refractivity contribution is 7.20. The second kappa shape index (κ2) is 6.37. The summed E-state index contributed by atoms with van der Waals surface area (Å²) in [7, 11) is 1.50. The van der Waals surface area contributed by atoms with Crippen LogP contribution in [0.3, 0.4) is 0 Å². The van der Waals surface area contributed by atoms with Crippen LogP contribution in [-0.4, -0.2) is 34.8 Å². The van der Waals surface area contributed by atoms with E-state index in [2.05, 4.69) is 0 Å². The van der Waals surface area contributed by atoms with Crippen LogP contribution in [-0.2, 0) is 17.8 Å². The lowest BCUT2D eigenvalue weighted by atomic mass is 10.1. The molecule has 0 unspecified atom stereocenters. The molecule has 0 aliphatic heterocycles. The number of aryl methyl sites for hydroxylation is 1. The number of methoxy groups -OCH3 is 1. The minimum atomic E-state index is -1.72. The average molecular weight is 342 g/mol. The van der Waals surface area contributed by atoms with Gasteiger partial charge in [-0.15, -0.1) is 11.3 Å². The zero-order valence-electron chi connectivity index (χ0n) is 13.5. The molecule has 0 bridgehead atoms. The van der Waals surface area contributed by atoms with Crippen LogP contribution in [0.5, 0.6) is 0 Å². The molecule has 0 spiro atoms. The van der Waals surface area contributed by atoms with E-state index in [-0.39, 0.29) is 25.1 Å². The quantitative estimate of drug-likeness (QED) is 0.750. The first-order chi connectivity index (χ1) is 10.7. The Labute approximate surface area is 136 Å². The van der Waals surface area contributed by atoms with Crippen LogP contribution in [0.4, 0.5) is 4.39 Å². The minimum absolute atomic E-state index is 0.219. The summed E-state index contributed by atoms with van der Waals surface area (Å²) in [6.45, 7) is 4.40. The SMILES string of the molecule is COCCn1c(=O)n(CC(C)(C)F)c(=O)c2c(C)c(C=O)sc21. The van der Waals surface area contributed by atoms with Crippen LogP contribution in [0.2, 0.25) is 0 Å². The molecule has 2 aromatic rings. The lowest BCUT2D eigenvalue weighted by Gasteiger charge is -2.17. The Balaban J connectivity index is 2.87. The summed E-state index contributed by atoms with van der Waals surface area (Å²) >= 11 is 1.09. The maximum absolute atomic E-state index is 14.0. The van der Waals surface area contributed by atoms with Crippen molar-refractivity contribution in [3.63, 3.8) is 0 Å². The number of hydrogen-bond donors (Lipinski definition) is 0. The number of carbonyl (C=O) groups excluding carboxylic acids is 1. The van der Waals surface area contributed by atoms with Gasteiger partial charge in [-0.1, -0.05) is 0 Å². The zero-order chi connectivity index (χ0) is 17.4. The van der Waals surface area contributed by atoms with E-state index in [4.69, 9.17) is 4.74 Å². The number of alkyl halides is 1. The largest absolute Gasteiger partial charge is 0.383 e. The fourth-order valence-electron chi connectivity index (χ4n) is 2.42. The van der Waals surface area contributed by atoms with E-state index in [1.54, 1.807) is 6.92 Å². The Morgan fingerprint density at radius 2 is 1.96 bits per heavy atom. The van der Waals surface area contributed by atoms with Crippen LogP contribution in [0.15, 0.2) is 9.59 Å². The number of hydrogen-bond acceptors (Lipinski definition) is 5. The summed E-state index contributed by atoms with van der Waals surface area (Å²) in [6, 6.07) is 0. The van der Waals surface area contributed by atoms with Gasteiger partial charge in [0.2, 0.25) is 0 Å². The number of fused-ring (bicyclic) bond motifs is 1. The average Bonchev–Trinajstić information content (AvgIpc) is 2.79. The number of aromatic nitrogens is 2. The Morgan fingerprint density at radius 3 is 2.48 bits per heavy atom. The topological polar surface area (TPSA) is 70.3 Å². The summed E-state index contributed by atoms with van der Waals surface area (Å²) in [6.07, 6.45) is 0.661. The first kappa shape index (κ1) is 17.6. The molecule has 0 fully saturated rings. The summed E-state index contributed by atoms with van der Waals surface area (Å²) in [5, 5.41) is 0.289. The van der Waals surface area contributed by atoms with Crippen molar-refractivity contribution in [2.75, 3.05) is 13.7 Å². The Kier molecular flexibility index (Phi) is 4.86. The zero-order valence-corrected chi connectivity index (χ0v) is 14.3. The fourth-order valence-corrected chi connectivity index (χ4v) is 3.55. The van der Waals surface area contributed by atoms with Crippen molar-refractivity contribution in [3.8, 4) is 0 Å². The summed E-state index contributed by atoms with van der Waals surface area (Å²) in [5.74, 6) is 0. The second-order valence-corrected chi connectivity index (χ2v) is 6.96. The van der Waals surface area contributed by atoms with Gasteiger partial charge in [0.15, 0.2) is 6.29 Å². The molecule has 0 aliphatic carbocycles. The highest BCUT2D eigenvalue weighted by atomic mass is 32.1. The number of aldehydes is 1. The highest BCUT2D eigenvalue weighted by Gasteiger charge is 2.24. The number of ether oxygens (including phenoxy) is 1. The molecule has 8 heteroatoms. The van der Waals surface area contributed by atoms with Crippen LogP contribution in [0.25, 0.3) is 10.2 Å². The maximum Gasteiger partial charge on any atom is 0.332 e. The van der Waals surface area contributed by atoms with Crippen molar-refractivity contribution in [2.24, 2.45) is 0 Å². The van der Waals surface area contributed by atoms with Gasteiger partial charge in [-0.2, -0.15) is 0 Å². The van der Waals surface area contributed by atoms with Gasteiger partial charge < -0.3 is 4.74 Å². The molecule has 6 nitrogen and oxygen atoms in total. The van der Waals surface area contributed by atoms with Gasteiger partial charge >= 0.3 is 5.69 Å². The van der Waals surface area contributed by atoms with Crippen molar-refractivity contribution in [1.29, 1.82) is 0 Å². The molecule has 0 aromatic carbocycles. The monoisotopic (exact) mass is 342 g/mol. The van der Waals surface area contributed by atoms with Gasteiger partial charge in [-0.3, -0.25) is 18.7 Å². The molecule has 0 saturated heterocycles. The Morgan fingerprint density at radius 1 is 1.30 bits per heavy atom. The number of nitrogens with zero attached hydrogens (tertiary/aromatic N) is 2. The molecule has 0 amide bonds. The Bertz CT molecular complexity index is 857. The highest BCUT2D eigenvalue weighted by Crippen LogP contribution is 2.26. The van der Waals surface area contributed by atoms with Gasteiger partial charge in [0, 0.05) is 7.11 Å². The van der Waals surface area contributed by atoms with Crippen molar-refractivity contribution < 1.29 is 13.9 Å². The lowest BCUT2D eigenvalue weighted by molar-refractivity contribution is 0.112. The number of carbonyl (C=O) groups is 1. The molecule has 2 heterocycles. The van der Waals surface area contributed by atoms with Gasteiger partial charge in [-0.25, -0.2) is 9.18 Å². The molecule has 0 N–H and O–H groups in total. The molecular formula is C15H19FN2O4S. The third-order valence-electron chi connectivity index (χ3n) is 3.49. The fraction of sp³-hybridized carbons (Fsp3) is 0.533. The number of rotatable bonds is 6. The van der Waals surface area contributed by atoms with Crippen LogP contribution >= 0.6 is 11.3 Å². The summed E-state index contributed by atoms with van der Waals surface area (Å²) in [5.41, 5.74) is -2.36.